The molecule has 0 aliphatic carbocycles. The smallest absolute Gasteiger partial charge is 0.251 e. The molecule has 29 heavy (non-hydrogen) atoms. The van der Waals surface area contributed by atoms with Gasteiger partial charge in [-0.2, -0.15) is 0 Å². The number of fused-ring (bicyclic) bond motifs is 4. The Kier molecular flexibility index (Phi) is 5.26. The third-order valence-electron chi connectivity index (χ3n) is 5.57. The van der Waals surface area contributed by atoms with Gasteiger partial charge in [-0.25, -0.2) is 13.1 Å². The molecule has 2 atom stereocenters. The van der Waals surface area contributed by atoms with Crippen molar-refractivity contribution in [2.24, 2.45) is 5.92 Å². The summed E-state index contributed by atoms with van der Waals surface area (Å²) in [6.45, 7) is 1.84. The predicted octanol–water partition coefficient (Wildman–Crippen LogP) is 0.795. The minimum Gasteiger partial charge on any atom is -0.342 e. The first-order valence-electron chi connectivity index (χ1n) is 9.69. The van der Waals surface area contributed by atoms with E-state index >= 15 is 0 Å². The van der Waals surface area contributed by atoms with Crippen LogP contribution in [0.1, 0.15) is 24.5 Å². The predicted molar refractivity (Wildman–Crippen MR) is 109 cm³/mol. The van der Waals surface area contributed by atoms with Gasteiger partial charge in [-0.15, -0.1) is 0 Å². The second kappa shape index (κ2) is 7.72. The fourth-order valence-corrected chi connectivity index (χ4v) is 4.82. The number of carbonyl (C=O) groups is 1. The summed E-state index contributed by atoms with van der Waals surface area (Å²) in [6, 6.07) is 9.25. The molecule has 2 aliphatic rings. The first-order valence-corrected chi connectivity index (χ1v) is 11.6. The maximum absolute atomic E-state index is 12.7. The van der Waals surface area contributed by atoms with Gasteiger partial charge in [0.05, 0.1) is 11.9 Å². The Balaban J connectivity index is 1.55. The average Bonchev–Trinajstić information content (AvgIpc) is 2.68. The van der Waals surface area contributed by atoms with Crippen LogP contribution < -0.4 is 10.3 Å². The van der Waals surface area contributed by atoms with E-state index in [9.17, 15) is 18.0 Å². The molecule has 0 saturated carbocycles. The standard InChI is InChI=1S/C20H24N4O4S/c1-29(27,28)22-7-5-19(25)23-11-14-8-16(13-23)18-9-15(10-20(26)24(18)12-14)17-4-2-3-6-21-17/h2-4,6,9-10,14,16,22H,5,7-8,11-13H2,1H3/t14-,16+/m0/s1. The van der Waals surface area contributed by atoms with Gasteiger partial charge in [0.1, 0.15) is 0 Å². The maximum atomic E-state index is 12.7. The van der Waals surface area contributed by atoms with Crippen LogP contribution in [0, 0.1) is 5.92 Å². The highest BCUT2D eigenvalue weighted by Crippen LogP contribution is 2.36. The summed E-state index contributed by atoms with van der Waals surface area (Å²) in [6.07, 6.45) is 3.86. The van der Waals surface area contributed by atoms with Crippen LogP contribution in [0.2, 0.25) is 0 Å². The molecule has 2 aromatic rings. The third kappa shape index (κ3) is 4.40. The number of pyridine rings is 2. The number of carbonyl (C=O) groups excluding carboxylic acids is 1. The quantitative estimate of drug-likeness (QED) is 0.777. The lowest BCUT2D eigenvalue weighted by atomic mass is 9.82. The number of likely N-dealkylation sites (tertiary alicyclic amines) is 1. The summed E-state index contributed by atoms with van der Waals surface area (Å²) in [7, 11) is -3.31. The summed E-state index contributed by atoms with van der Waals surface area (Å²) in [4.78, 5) is 31.5. The zero-order valence-corrected chi connectivity index (χ0v) is 17.1. The highest BCUT2D eigenvalue weighted by molar-refractivity contribution is 7.88. The molecular weight excluding hydrogens is 392 g/mol. The Hall–Kier alpha value is -2.52. The molecule has 8 nitrogen and oxygen atoms in total. The van der Waals surface area contributed by atoms with E-state index in [-0.39, 0.29) is 36.3 Å². The molecule has 9 heteroatoms. The van der Waals surface area contributed by atoms with Crippen LogP contribution >= 0.6 is 0 Å². The first-order chi connectivity index (χ1) is 13.8. The van der Waals surface area contributed by atoms with Gasteiger partial charge in [-0.1, -0.05) is 6.07 Å². The largest absolute Gasteiger partial charge is 0.342 e. The number of nitrogens with zero attached hydrogens (tertiary/aromatic N) is 3. The Morgan fingerprint density at radius 2 is 2.07 bits per heavy atom. The van der Waals surface area contributed by atoms with E-state index < -0.39 is 10.0 Å². The van der Waals surface area contributed by atoms with Crippen LogP contribution in [0.25, 0.3) is 11.3 Å². The van der Waals surface area contributed by atoms with Crippen LogP contribution in [-0.4, -0.2) is 54.7 Å². The highest BCUT2D eigenvalue weighted by atomic mass is 32.2. The molecule has 4 heterocycles. The van der Waals surface area contributed by atoms with Gasteiger partial charge < -0.3 is 9.47 Å². The molecule has 4 rings (SSSR count). The number of hydrogen-bond acceptors (Lipinski definition) is 5. The monoisotopic (exact) mass is 416 g/mol. The van der Waals surface area contributed by atoms with Crippen molar-refractivity contribution in [1.82, 2.24) is 19.2 Å². The van der Waals surface area contributed by atoms with Gasteiger partial charge >= 0.3 is 0 Å². The van der Waals surface area contributed by atoms with Gasteiger partial charge in [0, 0.05) is 62.0 Å². The minimum absolute atomic E-state index is 0.0324. The highest BCUT2D eigenvalue weighted by Gasteiger charge is 2.36. The third-order valence-corrected chi connectivity index (χ3v) is 6.30. The normalized spacial score (nSPS) is 20.9. The van der Waals surface area contributed by atoms with Gasteiger partial charge in [-0.3, -0.25) is 14.6 Å². The number of nitrogens with one attached hydrogen (secondary N) is 1. The van der Waals surface area contributed by atoms with Crippen molar-refractivity contribution >= 4 is 15.9 Å². The molecule has 2 bridgehead atoms. The zero-order chi connectivity index (χ0) is 20.6. The molecule has 1 amide bonds. The van der Waals surface area contributed by atoms with Gasteiger partial charge in [-0.05, 0) is 30.5 Å². The number of rotatable bonds is 5. The fourth-order valence-electron chi connectivity index (χ4n) is 4.35. The number of piperidine rings is 1. The Labute approximate surface area is 169 Å². The molecule has 0 aromatic carbocycles. The maximum Gasteiger partial charge on any atom is 0.251 e. The summed E-state index contributed by atoms with van der Waals surface area (Å²) in [5, 5.41) is 0. The lowest BCUT2D eigenvalue weighted by Gasteiger charge is -2.43. The lowest BCUT2D eigenvalue weighted by molar-refractivity contribution is -0.133. The number of hydrogen-bond donors (Lipinski definition) is 1. The molecule has 0 unspecified atom stereocenters. The molecule has 154 valence electrons. The second-order valence-electron chi connectivity index (χ2n) is 7.85. The zero-order valence-electron chi connectivity index (χ0n) is 16.2. The van der Waals surface area contributed by atoms with Gasteiger partial charge in [0.2, 0.25) is 15.9 Å². The second-order valence-corrected chi connectivity index (χ2v) is 9.68. The van der Waals surface area contributed by atoms with E-state index in [2.05, 4.69) is 9.71 Å². The summed E-state index contributed by atoms with van der Waals surface area (Å²) < 4.78 is 26.6. The van der Waals surface area contributed by atoms with Gasteiger partial charge in [0.15, 0.2) is 0 Å². The lowest BCUT2D eigenvalue weighted by Crippen LogP contribution is -2.49. The first kappa shape index (κ1) is 19.8. The molecule has 0 spiro atoms. The van der Waals surface area contributed by atoms with Crippen molar-refractivity contribution in [2.75, 3.05) is 25.9 Å². The van der Waals surface area contributed by atoms with E-state index in [0.717, 1.165) is 29.6 Å². The summed E-state index contributed by atoms with van der Waals surface area (Å²) >= 11 is 0. The average molecular weight is 417 g/mol. The SMILES string of the molecule is CS(=O)(=O)NCCC(=O)N1C[C@@H]2C[C@H](C1)c1cc(-c3ccccn3)cc(=O)n1C2. The summed E-state index contributed by atoms with van der Waals surface area (Å²) in [5.74, 6) is 0.254. The topological polar surface area (TPSA) is 101 Å². The molecule has 1 N–H and O–H groups in total. The van der Waals surface area contributed by atoms with Crippen molar-refractivity contribution in [2.45, 2.75) is 25.3 Å². The van der Waals surface area contributed by atoms with Crippen molar-refractivity contribution in [3.05, 3.63) is 52.6 Å². The Bertz CT molecular complexity index is 1080. The minimum atomic E-state index is -3.31. The van der Waals surface area contributed by atoms with Crippen molar-refractivity contribution < 1.29 is 13.2 Å². The Morgan fingerprint density at radius 1 is 1.24 bits per heavy atom. The van der Waals surface area contributed by atoms with E-state index in [0.29, 0.717) is 19.6 Å². The van der Waals surface area contributed by atoms with Crippen LogP contribution in [0.4, 0.5) is 0 Å². The number of amides is 1. The molecule has 1 fully saturated rings. The molecule has 2 aliphatic heterocycles. The number of sulfonamides is 1. The molecule has 0 radical (unpaired) electrons. The van der Waals surface area contributed by atoms with E-state index in [4.69, 9.17) is 0 Å². The van der Waals surface area contributed by atoms with Crippen molar-refractivity contribution in [3.8, 4) is 11.3 Å². The van der Waals surface area contributed by atoms with Crippen LogP contribution in [0.15, 0.2) is 41.3 Å². The molecule has 1 saturated heterocycles. The Morgan fingerprint density at radius 3 is 2.79 bits per heavy atom. The van der Waals surface area contributed by atoms with E-state index in [1.54, 1.807) is 12.3 Å². The molecule has 2 aromatic heterocycles. The van der Waals surface area contributed by atoms with Crippen molar-refractivity contribution in [1.29, 1.82) is 0 Å². The summed E-state index contributed by atoms with van der Waals surface area (Å²) in [5.41, 5.74) is 2.46. The van der Waals surface area contributed by atoms with Gasteiger partial charge in [0.25, 0.3) is 5.56 Å². The van der Waals surface area contributed by atoms with E-state index in [1.807, 2.05) is 33.7 Å². The molecular formula is C20H24N4O4S. The van der Waals surface area contributed by atoms with Crippen molar-refractivity contribution in [3.63, 3.8) is 0 Å². The van der Waals surface area contributed by atoms with Crippen LogP contribution in [0.3, 0.4) is 0 Å². The number of aromatic nitrogens is 2. The fraction of sp³-hybridized carbons (Fsp3) is 0.450. The van der Waals surface area contributed by atoms with Crippen LogP contribution in [0.5, 0.6) is 0 Å². The van der Waals surface area contributed by atoms with E-state index in [1.165, 1.54) is 0 Å². The van der Waals surface area contributed by atoms with Crippen LogP contribution in [-0.2, 0) is 21.4 Å².